The molecule has 0 spiro atoms. The van der Waals surface area contributed by atoms with E-state index in [4.69, 9.17) is 5.11 Å². The first-order valence-corrected chi connectivity index (χ1v) is 5.27. The van der Waals surface area contributed by atoms with Crippen molar-refractivity contribution in [3.63, 3.8) is 0 Å². The Hall–Kier alpha value is -1.99. The molecule has 0 fully saturated rings. The van der Waals surface area contributed by atoms with E-state index in [-0.39, 0.29) is 6.61 Å². The number of nitrogens with one attached hydrogen (secondary N) is 1. The highest BCUT2D eigenvalue weighted by molar-refractivity contribution is 5.67. The molecule has 2 N–H and O–H groups in total. The number of methoxy groups -OCH3 is 1. The van der Waals surface area contributed by atoms with Gasteiger partial charge in [0.25, 0.3) is 0 Å². The van der Waals surface area contributed by atoms with Crippen LogP contribution in [0.15, 0.2) is 24.3 Å². The lowest BCUT2D eigenvalue weighted by Crippen LogP contribution is -2.22. The van der Waals surface area contributed by atoms with Gasteiger partial charge in [0.05, 0.1) is 13.7 Å². The van der Waals surface area contributed by atoms with Gasteiger partial charge >= 0.3 is 6.09 Å². The van der Waals surface area contributed by atoms with Crippen molar-refractivity contribution in [1.29, 1.82) is 0 Å². The van der Waals surface area contributed by atoms with Crippen LogP contribution in [0.25, 0.3) is 0 Å². The normalized spacial score (nSPS) is 9.06. The summed E-state index contributed by atoms with van der Waals surface area (Å²) in [4.78, 5) is 11.0. The lowest BCUT2D eigenvalue weighted by Gasteiger charge is -2.05. The molecule has 4 nitrogen and oxygen atoms in total. The standard InChI is InChI=1S/C13H15NO3/c1-17-13(16)14-10-12-8-3-2-6-11(12)7-4-5-9-15/h2-3,6,8,15H,5,9-10H2,1H3,(H,14,16). The largest absolute Gasteiger partial charge is 0.453 e. The molecule has 90 valence electrons. The van der Waals surface area contributed by atoms with Gasteiger partial charge in [0.15, 0.2) is 0 Å². The molecule has 17 heavy (non-hydrogen) atoms. The Balaban J connectivity index is 2.71. The average molecular weight is 233 g/mol. The van der Waals surface area contributed by atoms with Crippen molar-refractivity contribution in [2.45, 2.75) is 13.0 Å². The van der Waals surface area contributed by atoms with Crippen LogP contribution in [0.5, 0.6) is 0 Å². The SMILES string of the molecule is COC(=O)NCc1ccccc1C#CCCO. The number of amides is 1. The van der Waals surface area contributed by atoms with Crippen molar-refractivity contribution < 1.29 is 14.6 Å². The summed E-state index contributed by atoms with van der Waals surface area (Å²) >= 11 is 0. The molecule has 0 atom stereocenters. The maximum absolute atomic E-state index is 11.0. The Morgan fingerprint density at radius 3 is 2.94 bits per heavy atom. The number of carbonyl (C=O) groups is 1. The highest BCUT2D eigenvalue weighted by Gasteiger charge is 2.02. The van der Waals surface area contributed by atoms with Gasteiger partial charge in [-0.25, -0.2) is 4.79 Å². The van der Waals surface area contributed by atoms with Crippen LogP contribution in [0.1, 0.15) is 17.5 Å². The zero-order chi connectivity index (χ0) is 12.5. The lowest BCUT2D eigenvalue weighted by molar-refractivity contribution is 0.170. The monoisotopic (exact) mass is 233 g/mol. The maximum atomic E-state index is 11.0. The van der Waals surface area contributed by atoms with E-state index in [0.29, 0.717) is 13.0 Å². The molecule has 0 aliphatic carbocycles. The fraction of sp³-hybridized carbons (Fsp3) is 0.308. The quantitative estimate of drug-likeness (QED) is 0.773. The Morgan fingerprint density at radius 1 is 1.47 bits per heavy atom. The second-order valence-corrected chi connectivity index (χ2v) is 3.28. The number of hydrogen-bond acceptors (Lipinski definition) is 3. The fourth-order valence-electron chi connectivity index (χ4n) is 1.25. The van der Waals surface area contributed by atoms with E-state index in [2.05, 4.69) is 21.9 Å². The molecule has 0 aliphatic heterocycles. The van der Waals surface area contributed by atoms with Crippen LogP contribution in [0.3, 0.4) is 0 Å². The fourth-order valence-corrected chi connectivity index (χ4v) is 1.25. The highest BCUT2D eigenvalue weighted by Crippen LogP contribution is 2.06. The Kier molecular flexibility index (Phi) is 5.62. The van der Waals surface area contributed by atoms with E-state index in [1.54, 1.807) is 0 Å². The van der Waals surface area contributed by atoms with Crippen LogP contribution in [0.2, 0.25) is 0 Å². The molecule has 1 rings (SSSR count). The van der Waals surface area contributed by atoms with Crippen LogP contribution in [0.4, 0.5) is 4.79 Å². The Morgan fingerprint density at radius 2 is 2.24 bits per heavy atom. The first kappa shape index (κ1) is 13.1. The van der Waals surface area contributed by atoms with Crippen molar-refractivity contribution in [3.8, 4) is 11.8 Å². The van der Waals surface area contributed by atoms with Crippen LogP contribution >= 0.6 is 0 Å². The van der Waals surface area contributed by atoms with Gasteiger partial charge in [0, 0.05) is 18.5 Å². The molecule has 1 amide bonds. The van der Waals surface area contributed by atoms with Gasteiger partial charge in [-0.1, -0.05) is 30.0 Å². The molecule has 1 aromatic rings. The van der Waals surface area contributed by atoms with Gasteiger partial charge in [0.1, 0.15) is 0 Å². The molecule has 0 radical (unpaired) electrons. The number of aliphatic hydroxyl groups excluding tert-OH is 1. The Bertz CT molecular complexity index is 432. The van der Waals surface area contributed by atoms with Gasteiger partial charge in [-0.05, 0) is 11.6 Å². The first-order valence-electron chi connectivity index (χ1n) is 5.27. The summed E-state index contributed by atoms with van der Waals surface area (Å²) in [5, 5.41) is 11.2. The molecule has 0 aliphatic rings. The average Bonchev–Trinajstić information content (AvgIpc) is 2.37. The minimum atomic E-state index is -0.469. The van der Waals surface area contributed by atoms with Crippen LogP contribution in [-0.4, -0.2) is 24.9 Å². The number of alkyl carbamates (subject to hydrolysis) is 1. The van der Waals surface area contributed by atoms with E-state index >= 15 is 0 Å². The third-order valence-corrected chi connectivity index (χ3v) is 2.09. The van der Waals surface area contributed by atoms with Crippen molar-refractivity contribution in [2.75, 3.05) is 13.7 Å². The van der Waals surface area contributed by atoms with Crippen LogP contribution < -0.4 is 5.32 Å². The van der Waals surface area contributed by atoms with Crippen molar-refractivity contribution in [3.05, 3.63) is 35.4 Å². The predicted molar refractivity (Wildman–Crippen MR) is 64.3 cm³/mol. The summed E-state index contributed by atoms with van der Waals surface area (Å²) in [6, 6.07) is 7.52. The zero-order valence-electron chi connectivity index (χ0n) is 9.69. The van der Waals surface area contributed by atoms with Gasteiger partial charge in [-0.15, -0.1) is 0 Å². The number of rotatable bonds is 3. The van der Waals surface area contributed by atoms with E-state index in [1.807, 2.05) is 24.3 Å². The zero-order valence-corrected chi connectivity index (χ0v) is 9.69. The molecular formula is C13H15NO3. The van der Waals surface area contributed by atoms with E-state index in [1.165, 1.54) is 7.11 Å². The number of benzene rings is 1. The molecule has 0 saturated heterocycles. The molecule has 0 saturated carbocycles. The van der Waals surface area contributed by atoms with Gasteiger partial charge in [-0.3, -0.25) is 0 Å². The lowest BCUT2D eigenvalue weighted by atomic mass is 10.1. The number of aliphatic hydroxyl groups is 1. The summed E-state index contributed by atoms with van der Waals surface area (Å²) < 4.78 is 4.49. The summed E-state index contributed by atoms with van der Waals surface area (Å²) in [6.45, 7) is 0.423. The number of carbonyl (C=O) groups excluding carboxylic acids is 1. The highest BCUT2D eigenvalue weighted by atomic mass is 16.5. The minimum Gasteiger partial charge on any atom is -0.453 e. The summed E-state index contributed by atoms with van der Waals surface area (Å²) in [5.41, 5.74) is 1.76. The van der Waals surface area contributed by atoms with Gasteiger partial charge in [-0.2, -0.15) is 0 Å². The molecule has 1 aromatic carbocycles. The second kappa shape index (κ2) is 7.31. The van der Waals surface area contributed by atoms with Gasteiger partial charge in [0.2, 0.25) is 0 Å². The number of hydrogen-bond donors (Lipinski definition) is 2. The van der Waals surface area contributed by atoms with Crippen LogP contribution in [0, 0.1) is 11.8 Å². The van der Waals surface area contributed by atoms with E-state index < -0.39 is 6.09 Å². The second-order valence-electron chi connectivity index (χ2n) is 3.28. The Labute approximate surface area is 101 Å². The topological polar surface area (TPSA) is 58.6 Å². The molecule has 0 unspecified atom stereocenters. The summed E-state index contributed by atoms with van der Waals surface area (Å²) in [5.74, 6) is 5.80. The van der Waals surface area contributed by atoms with Crippen molar-refractivity contribution in [2.24, 2.45) is 0 Å². The molecule has 0 bridgehead atoms. The third kappa shape index (κ3) is 4.58. The van der Waals surface area contributed by atoms with Crippen molar-refractivity contribution >= 4 is 6.09 Å². The number of ether oxygens (including phenoxy) is 1. The van der Waals surface area contributed by atoms with E-state index in [9.17, 15) is 4.79 Å². The van der Waals surface area contributed by atoms with E-state index in [0.717, 1.165) is 11.1 Å². The third-order valence-electron chi connectivity index (χ3n) is 2.09. The van der Waals surface area contributed by atoms with Crippen LogP contribution in [-0.2, 0) is 11.3 Å². The summed E-state index contributed by atoms with van der Waals surface area (Å²) in [6.07, 6.45) is -0.0261. The smallest absolute Gasteiger partial charge is 0.407 e. The minimum absolute atomic E-state index is 0.0512. The predicted octanol–water partition coefficient (Wildman–Crippen LogP) is 1.28. The molecule has 0 heterocycles. The first-order chi connectivity index (χ1) is 8.27. The van der Waals surface area contributed by atoms with Crippen molar-refractivity contribution in [1.82, 2.24) is 5.32 Å². The molecule has 0 aromatic heterocycles. The van der Waals surface area contributed by atoms with Gasteiger partial charge < -0.3 is 15.2 Å². The summed E-state index contributed by atoms with van der Waals surface area (Å²) in [7, 11) is 1.32. The maximum Gasteiger partial charge on any atom is 0.407 e. The molecule has 4 heteroatoms. The molecular weight excluding hydrogens is 218 g/mol.